The summed E-state index contributed by atoms with van der Waals surface area (Å²) in [7, 11) is 0. The number of carboxylic acids is 2. The molecule has 0 aromatic carbocycles. The highest BCUT2D eigenvalue weighted by atomic mass is 16.7. The van der Waals surface area contributed by atoms with Crippen LogP contribution in [0.1, 0.15) is 99.3 Å². The molecule has 0 amide bonds. The first-order chi connectivity index (χ1) is 21.8. The minimum atomic E-state index is -1.63. The Bertz CT molecular complexity index is 1310. The topological polar surface area (TPSA) is 194 Å². The molecule has 0 aromatic rings. The quantitative estimate of drug-likeness (QED) is 0.169. The summed E-state index contributed by atoms with van der Waals surface area (Å²) >= 11 is 0. The molecule has 0 radical (unpaired) electrons. The number of fused-ring (bicyclic) bond motifs is 7. The van der Waals surface area contributed by atoms with Crippen molar-refractivity contribution in [3.05, 3.63) is 11.6 Å². The zero-order valence-electron chi connectivity index (χ0n) is 28.7. The molecule has 0 unspecified atom stereocenters. The normalized spacial score (nSPS) is 55.9. The summed E-state index contributed by atoms with van der Waals surface area (Å²) < 4.78 is 11.9. The van der Waals surface area contributed by atoms with Crippen LogP contribution in [0.2, 0.25) is 0 Å². The van der Waals surface area contributed by atoms with E-state index >= 15 is 0 Å². The lowest BCUT2D eigenvalue weighted by molar-refractivity contribution is -0.329. The fourth-order valence-electron chi connectivity index (χ4n) is 12.4. The van der Waals surface area contributed by atoms with Gasteiger partial charge in [-0.3, -0.25) is 9.59 Å². The maximum Gasteiger partial charge on any atom is 0.312 e. The first-order valence-corrected chi connectivity index (χ1v) is 17.6. The van der Waals surface area contributed by atoms with Gasteiger partial charge in [-0.1, -0.05) is 39.3 Å². The summed E-state index contributed by atoms with van der Waals surface area (Å²) in [6.45, 7) is 11.7. The molecular formula is C36H56O11. The zero-order valence-corrected chi connectivity index (χ0v) is 28.7. The Labute approximate surface area is 277 Å². The Kier molecular flexibility index (Phi) is 8.40. The highest BCUT2D eigenvalue weighted by Gasteiger charge is 2.72. The number of hydrogen-bond donors (Lipinski definition) is 7. The maximum atomic E-state index is 13.3. The highest BCUT2D eigenvalue weighted by molar-refractivity contribution is 5.77. The molecular weight excluding hydrogens is 608 g/mol. The third-order valence-electron chi connectivity index (χ3n) is 15.7. The van der Waals surface area contributed by atoms with E-state index < -0.39 is 83.1 Å². The average molecular weight is 665 g/mol. The largest absolute Gasteiger partial charge is 0.481 e. The molecule has 47 heavy (non-hydrogen) atoms. The molecule has 4 saturated carbocycles. The standard InChI is InChI=1S/C36H56O11/c1-18-9-14-36(30(43)44)16-15-32(3)19(27(36)35(18,6)45)7-8-21-31(2)12-11-23(34(5,29(41)42)22(31)10-13-33(21,32)4)47-28-26(40)25(39)24(38)20(17-37)46-28/h7,18,20-28,37-40,45H,8-17H2,1-6H3,(H,41,42)(H,43,44)/t18-,20-,21-,22-,23+,24-,25+,26-,27-,28+,31-,32-,33-,34-,35-,36+/m1/s1. The molecule has 1 aliphatic heterocycles. The SMILES string of the molecule is C[C@@H]1CC[C@]2(C(=O)O)CC[C@]3(C)C(=CC[C@@H]4[C@@]5(C)CC[C@H](O[C@@H]6O[C@H](CO)[C@@H](O)[C@H](O)[C@H]6O)[C@](C)(C(=O)O)[C@@H]5CC[C@]43C)[C@@H]2[C@]1(C)O. The summed E-state index contributed by atoms with van der Waals surface area (Å²) in [5.74, 6) is -2.58. The van der Waals surface area contributed by atoms with Crippen molar-refractivity contribution in [3.8, 4) is 0 Å². The van der Waals surface area contributed by atoms with Gasteiger partial charge in [-0.15, -0.1) is 0 Å². The van der Waals surface area contributed by atoms with Crippen LogP contribution in [0.3, 0.4) is 0 Å². The van der Waals surface area contributed by atoms with Crippen LogP contribution < -0.4 is 0 Å². The van der Waals surface area contributed by atoms with E-state index in [1.807, 2.05) is 13.8 Å². The lowest BCUT2D eigenvalue weighted by Gasteiger charge is -2.71. The number of hydrogen-bond acceptors (Lipinski definition) is 9. The number of ether oxygens (including phenoxy) is 2. The molecule has 16 atom stereocenters. The van der Waals surface area contributed by atoms with Crippen molar-refractivity contribution < 1.29 is 54.8 Å². The number of aliphatic hydroxyl groups is 5. The summed E-state index contributed by atoms with van der Waals surface area (Å²) in [6.07, 6.45) is -0.605. The van der Waals surface area contributed by atoms with Gasteiger partial charge in [0.2, 0.25) is 0 Å². The van der Waals surface area contributed by atoms with Gasteiger partial charge in [-0.2, -0.15) is 0 Å². The van der Waals surface area contributed by atoms with Crippen molar-refractivity contribution in [2.45, 2.75) is 142 Å². The van der Waals surface area contributed by atoms with Crippen LogP contribution in [0.4, 0.5) is 0 Å². The molecule has 11 nitrogen and oxygen atoms in total. The van der Waals surface area contributed by atoms with Crippen molar-refractivity contribution in [3.63, 3.8) is 0 Å². The number of rotatable bonds is 5. The van der Waals surface area contributed by atoms with E-state index in [4.69, 9.17) is 9.47 Å². The number of carbonyl (C=O) groups is 2. The van der Waals surface area contributed by atoms with Crippen LogP contribution in [0.25, 0.3) is 0 Å². The summed E-state index contributed by atoms with van der Waals surface area (Å²) in [6, 6.07) is 0. The molecule has 6 aliphatic rings. The predicted molar refractivity (Wildman–Crippen MR) is 169 cm³/mol. The van der Waals surface area contributed by atoms with E-state index in [9.17, 15) is 45.3 Å². The van der Waals surface area contributed by atoms with Crippen LogP contribution in [-0.2, 0) is 19.1 Å². The van der Waals surface area contributed by atoms with Crippen LogP contribution >= 0.6 is 0 Å². The Morgan fingerprint density at radius 1 is 0.872 bits per heavy atom. The van der Waals surface area contributed by atoms with E-state index in [1.165, 1.54) is 0 Å². The molecule has 5 aliphatic carbocycles. The molecule has 11 heteroatoms. The van der Waals surface area contributed by atoms with Crippen molar-refractivity contribution in [1.82, 2.24) is 0 Å². The molecule has 1 saturated heterocycles. The Morgan fingerprint density at radius 3 is 2.17 bits per heavy atom. The second kappa shape index (κ2) is 11.2. The second-order valence-corrected chi connectivity index (χ2v) is 17.3. The minimum absolute atomic E-state index is 0.0442. The van der Waals surface area contributed by atoms with Gasteiger partial charge in [0.1, 0.15) is 24.4 Å². The van der Waals surface area contributed by atoms with Gasteiger partial charge < -0.3 is 45.2 Å². The first kappa shape index (κ1) is 35.2. The van der Waals surface area contributed by atoms with Gasteiger partial charge in [-0.05, 0) is 106 Å². The van der Waals surface area contributed by atoms with E-state index in [-0.39, 0.29) is 28.6 Å². The molecule has 5 fully saturated rings. The molecule has 0 aromatic heterocycles. The second-order valence-electron chi connectivity index (χ2n) is 17.3. The average Bonchev–Trinajstić information content (AvgIpc) is 3.00. The summed E-state index contributed by atoms with van der Waals surface area (Å²) in [5.41, 5.74) is -3.53. The third-order valence-corrected chi connectivity index (χ3v) is 15.7. The Morgan fingerprint density at radius 2 is 1.55 bits per heavy atom. The number of allylic oxidation sites excluding steroid dienone is 1. The van der Waals surface area contributed by atoms with Gasteiger partial charge in [0, 0.05) is 5.92 Å². The number of aliphatic carboxylic acids is 2. The molecule has 0 bridgehead atoms. The van der Waals surface area contributed by atoms with Crippen molar-refractivity contribution in [2.24, 2.45) is 50.7 Å². The van der Waals surface area contributed by atoms with Gasteiger partial charge >= 0.3 is 11.9 Å². The van der Waals surface area contributed by atoms with Crippen LogP contribution in [0.15, 0.2) is 11.6 Å². The minimum Gasteiger partial charge on any atom is -0.481 e. The number of carboxylic acid groups (broad SMARTS) is 2. The van der Waals surface area contributed by atoms with Gasteiger partial charge in [-0.25, -0.2) is 0 Å². The lowest BCUT2D eigenvalue weighted by atomic mass is 9.33. The fraction of sp³-hybridized carbons (Fsp3) is 0.889. The zero-order chi connectivity index (χ0) is 34.7. The number of aliphatic hydroxyl groups excluding tert-OH is 4. The Hall–Kier alpha value is -1.60. The van der Waals surface area contributed by atoms with Crippen LogP contribution in [0, 0.1) is 50.7 Å². The van der Waals surface area contributed by atoms with E-state index in [1.54, 1.807) is 6.92 Å². The van der Waals surface area contributed by atoms with Crippen molar-refractivity contribution in [1.29, 1.82) is 0 Å². The third kappa shape index (κ3) is 4.49. The van der Waals surface area contributed by atoms with Crippen LogP contribution in [-0.4, -0.2) is 96.7 Å². The molecule has 266 valence electrons. The van der Waals surface area contributed by atoms with Crippen LogP contribution in [0.5, 0.6) is 0 Å². The summed E-state index contributed by atoms with van der Waals surface area (Å²) in [5, 5.41) is 74.6. The predicted octanol–water partition coefficient (Wildman–Crippen LogP) is 3.09. The highest BCUT2D eigenvalue weighted by Crippen LogP contribution is 2.76. The van der Waals surface area contributed by atoms with Crippen molar-refractivity contribution >= 4 is 11.9 Å². The lowest BCUT2D eigenvalue weighted by Crippen LogP contribution is -2.69. The van der Waals surface area contributed by atoms with E-state index in [0.717, 1.165) is 12.0 Å². The van der Waals surface area contributed by atoms with E-state index in [0.29, 0.717) is 51.4 Å². The Balaban J connectivity index is 1.36. The summed E-state index contributed by atoms with van der Waals surface area (Å²) in [4.78, 5) is 26.3. The molecule has 7 N–H and O–H groups in total. The maximum absolute atomic E-state index is 13.3. The molecule has 6 rings (SSSR count). The van der Waals surface area contributed by atoms with E-state index in [2.05, 4.69) is 26.8 Å². The molecule has 1 heterocycles. The van der Waals surface area contributed by atoms with Gasteiger partial charge in [0.15, 0.2) is 6.29 Å². The fourth-order valence-corrected chi connectivity index (χ4v) is 12.4. The smallest absolute Gasteiger partial charge is 0.312 e. The van der Waals surface area contributed by atoms with Gasteiger partial charge in [0.05, 0.1) is 29.1 Å². The van der Waals surface area contributed by atoms with Crippen molar-refractivity contribution in [2.75, 3.05) is 6.61 Å². The first-order valence-electron chi connectivity index (χ1n) is 17.6. The molecule has 0 spiro atoms. The van der Waals surface area contributed by atoms with Gasteiger partial charge in [0.25, 0.3) is 0 Å². The monoisotopic (exact) mass is 664 g/mol.